The van der Waals surface area contributed by atoms with Crippen LogP contribution in [-0.2, 0) is 11.3 Å². The van der Waals surface area contributed by atoms with Crippen LogP contribution in [0.5, 0.6) is 0 Å². The van der Waals surface area contributed by atoms with Crippen LogP contribution in [0, 0.1) is 11.6 Å². The number of hydrogen-bond donors (Lipinski definition) is 2. The first kappa shape index (κ1) is 24.9. The van der Waals surface area contributed by atoms with E-state index in [0.29, 0.717) is 33.2 Å². The van der Waals surface area contributed by atoms with Crippen LogP contribution in [0.1, 0.15) is 11.1 Å². The number of imidazole rings is 2. The molecule has 14 heteroatoms. The van der Waals surface area contributed by atoms with Gasteiger partial charge in [0.15, 0.2) is 5.66 Å². The fourth-order valence-electron chi connectivity index (χ4n) is 7.15. The molecule has 4 aromatic carbocycles. The summed E-state index contributed by atoms with van der Waals surface area (Å²) in [7, 11) is 0. The molecule has 0 saturated heterocycles. The van der Waals surface area contributed by atoms with Crippen LogP contribution < -0.4 is 22.0 Å². The van der Waals surface area contributed by atoms with Gasteiger partial charge in [0.2, 0.25) is 29.1 Å². The highest BCUT2D eigenvalue weighted by molar-refractivity contribution is 5.81. The molecule has 10 rings (SSSR count). The summed E-state index contributed by atoms with van der Waals surface area (Å²) in [6.07, 6.45) is 0. The molecule has 0 saturated carbocycles. The molecule has 222 valence electrons. The summed E-state index contributed by atoms with van der Waals surface area (Å²) in [6.45, 7) is 0. The number of para-hydroxylation sites is 4. The monoisotopic (exact) mass is 612 g/mol. The van der Waals surface area contributed by atoms with E-state index in [1.165, 1.54) is 54.3 Å². The predicted octanol–water partition coefficient (Wildman–Crippen LogP) is 3.63. The summed E-state index contributed by atoms with van der Waals surface area (Å²) in [6, 6.07) is 25.4. The van der Waals surface area contributed by atoms with Crippen molar-refractivity contribution in [2.24, 2.45) is 0 Å². The van der Waals surface area contributed by atoms with Gasteiger partial charge in [0.25, 0.3) is 0 Å². The second kappa shape index (κ2) is 8.18. The van der Waals surface area contributed by atoms with Crippen LogP contribution in [-0.4, -0.2) is 37.9 Å². The third-order valence-electron chi connectivity index (χ3n) is 8.98. The second-order valence-electron chi connectivity index (χ2n) is 11.3. The minimum Gasteiger partial charge on any atom is -0.325 e. The van der Waals surface area contributed by atoms with Crippen LogP contribution >= 0.6 is 0 Å². The third kappa shape index (κ3) is 2.77. The summed E-state index contributed by atoms with van der Waals surface area (Å²) in [5, 5.41) is 6.75. The molecule has 4 aromatic heterocycles. The van der Waals surface area contributed by atoms with E-state index in [2.05, 4.69) is 20.6 Å². The van der Waals surface area contributed by atoms with Crippen molar-refractivity contribution in [2.75, 3.05) is 10.6 Å². The van der Waals surface area contributed by atoms with Crippen molar-refractivity contribution in [2.45, 2.75) is 11.3 Å². The molecular weight excluding hydrogens is 594 g/mol. The molecule has 2 N–H and O–H groups in total. The number of nitrogens with one attached hydrogen (secondary N) is 2. The lowest BCUT2D eigenvalue weighted by atomic mass is 9.82. The summed E-state index contributed by atoms with van der Waals surface area (Å²) < 4.78 is 34.4. The summed E-state index contributed by atoms with van der Waals surface area (Å²) in [5.41, 5.74) is -1.72. The molecule has 0 amide bonds. The Morgan fingerprint density at radius 3 is 1.46 bits per heavy atom. The molecule has 2 aliphatic rings. The van der Waals surface area contributed by atoms with Crippen LogP contribution in [0.15, 0.2) is 107 Å². The van der Waals surface area contributed by atoms with Crippen LogP contribution in [0.3, 0.4) is 0 Å². The van der Waals surface area contributed by atoms with Gasteiger partial charge in [0, 0.05) is 11.1 Å². The van der Waals surface area contributed by atoms with Crippen molar-refractivity contribution in [3.05, 3.63) is 141 Å². The Hall–Kier alpha value is -6.44. The lowest BCUT2D eigenvalue weighted by Crippen LogP contribution is -2.61. The van der Waals surface area contributed by atoms with Gasteiger partial charge in [-0.3, -0.25) is 0 Å². The average molecular weight is 613 g/mol. The summed E-state index contributed by atoms with van der Waals surface area (Å²) in [5.74, 6) is -0.596. The molecule has 0 unspecified atom stereocenters. The quantitative estimate of drug-likeness (QED) is 0.303. The first-order valence-electron chi connectivity index (χ1n) is 14.3. The maximum Gasteiger partial charge on any atom is 0.340 e. The fourth-order valence-corrected chi connectivity index (χ4v) is 7.15. The molecule has 0 aliphatic carbocycles. The highest BCUT2D eigenvalue weighted by Crippen LogP contribution is 2.55. The van der Waals surface area contributed by atoms with Gasteiger partial charge in [-0.15, -0.1) is 0 Å². The molecule has 0 atom stereocenters. The van der Waals surface area contributed by atoms with Gasteiger partial charge >= 0.3 is 11.4 Å². The topological polar surface area (TPSA) is 128 Å². The van der Waals surface area contributed by atoms with Crippen molar-refractivity contribution in [1.29, 1.82) is 0 Å². The van der Waals surface area contributed by atoms with Crippen LogP contribution in [0.4, 0.5) is 20.7 Å². The maximum absolute atomic E-state index is 14.9. The highest BCUT2D eigenvalue weighted by Gasteiger charge is 2.69. The van der Waals surface area contributed by atoms with Gasteiger partial charge in [-0.1, -0.05) is 48.5 Å². The minimum absolute atomic E-state index is 0.0714. The van der Waals surface area contributed by atoms with E-state index in [0.717, 1.165) is 0 Å². The van der Waals surface area contributed by atoms with Crippen LogP contribution in [0.25, 0.3) is 33.6 Å². The summed E-state index contributed by atoms with van der Waals surface area (Å²) >= 11 is 0. The van der Waals surface area contributed by atoms with E-state index >= 15 is 0 Å². The number of aromatic nitrogens is 8. The lowest BCUT2D eigenvalue weighted by Gasteiger charge is -2.40. The number of rotatable bonds is 2. The van der Waals surface area contributed by atoms with E-state index in [4.69, 9.17) is 9.97 Å². The molecule has 2 aliphatic heterocycles. The van der Waals surface area contributed by atoms with Gasteiger partial charge in [-0.25, -0.2) is 46.3 Å². The van der Waals surface area contributed by atoms with Crippen molar-refractivity contribution in [3.63, 3.8) is 0 Å². The number of fused-ring (bicyclic) bond motifs is 11. The third-order valence-corrected chi connectivity index (χ3v) is 8.98. The van der Waals surface area contributed by atoms with Gasteiger partial charge in [-0.05, 0) is 48.5 Å². The first-order valence-corrected chi connectivity index (χ1v) is 14.3. The minimum atomic E-state index is -1.85. The summed E-state index contributed by atoms with van der Waals surface area (Å²) in [4.78, 5) is 48.6. The average Bonchev–Trinajstić information content (AvgIpc) is 3.77. The first-order chi connectivity index (χ1) is 22.4. The number of hydrogen-bond acceptors (Lipinski definition) is 8. The molecule has 0 fully saturated rings. The standard InChI is InChI=1S/C32H18F2N10O2/c33-19-13-9-17(10-14-19)31-32(18-11-15-20(34)16-12-18,43-27(39-31)37-25-35-21-5-1-3-7-23(21)41(25)29(43)45)44-28(40-31)38-26-36-22-6-2-4-8-24(22)42(26)30(44)46/h1-16H,(H,35,37,39)(H,36,38,40). The molecule has 0 bridgehead atoms. The van der Waals surface area contributed by atoms with Crippen molar-refractivity contribution < 1.29 is 8.78 Å². The Morgan fingerprint density at radius 2 is 0.978 bits per heavy atom. The smallest absolute Gasteiger partial charge is 0.325 e. The zero-order valence-corrected chi connectivity index (χ0v) is 23.4. The van der Waals surface area contributed by atoms with Crippen molar-refractivity contribution in [3.8, 4) is 0 Å². The Bertz CT molecular complexity index is 2590. The largest absolute Gasteiger partial charge is 0.340 e. The molecule has 46 heavy (non-hydrogen) atoms. The van der Waals surface area contributed by atoms with E-state index in [-0.39, 0.29) is 23.5 Å². The molecule has 12 nitrogen and oxygen atoms in total. The van der Waals surface area contributed by atoms with Crippen molar-refractivity contribution >= 4 is 45.5 Å². The van der Waals surface area contributed by atoms with Gasteiger partial charge in [0.1, 0.15) is 11.6 Å². The zero-order valence-electron chi connectivity index (χ0n) is 23.4. The fraction of sp³-hybridized carbons (Fsp3) is 0.0625. The van der Waals surface area contributed by atoms with E-state index in [1.54, 1.807) is 60.7 Å². The normalized spacial score (nSPS) is 19.8. The number of anilines is 2. The molecule has 0 spiro atoms. The Morgan fingerprint density at radius 1 is 0.543 bits per heavy atom. The van der Waals surface area contributed by atoms with Gasteiger partial charge in [-0.2, -0.15) is 9.97 Å². The Kier molecular flexibility index (Phi) is 4.43. The Balaban J connectivity index is 1.45. The molecular formula is C32H18F2N10O2. The van der Waals surface area contributed by atoms with E-state index < -0.39 is 34.3 Å². The van der Waals surface area contributed by atoms with Crippen LogP contribution in [0.2, 0.25) is 0 Å². The van der Waals surface area contributed by atoms with E-state index in [1.807, 2.05) is 0 Å². The number of nitrogens with zero attached hydrogens (tertiary/aromatic N) is 8. The molecule has 0 radical (unpaired) electrons. The number of benzene rings is 4. The molecule has 8 aromatic rings. The SMILES string of the molecule is O=c1n2c(nc3nc4ccccc4n13)NC1(c3ccc(F)cc3)Nc3nc4nc5ccccc5n4c(=O)n3C21c1ccc(F)cc1. The van der Waals surface area contributed by atoms with Crippen molar-refractivity contribution in [1.82, 2.24) is 37.9 Å². The van der Waals surface area contributed by atoms with E-state index in [9.17, 15) is 18.4 Å². The highest BCUT2D eigenvalue weighted by atomic mass is 19.1. The predicted molar refractivity (Wildman–Crippen MR) is 164 cm³/mol. The Labute approximate surface area is 254 Å². The second-order valence-corrected chi connectivity index (χ2v) is 11.3. The maximum atomic E-state index is 14.9. The van der Waals surface area contributed by atoms with Gasteiger partial charge < -0.3 is 10.6 Å². The number of halogens is 2. The molecule has 6 heterocycles. The lowest BCUT2D eigenvalue weighted by molar-refractivity contribution is 0.224. The van der Waals surface area contributed by atoms with Gasteiger partial charge in [0.05, 0.1) is 22.1 Å². The zero-order chi connectivity index (χ0) is 30.9.